The summed E-state index contributed by atoms with van der Waals surface area (Å²) in [5, 5.41) is 10.5. The molecule has 3 aromatic heterocycles. The van der Waals surface area contributed by atoms with E-state index >= 15 is 0 Å². The Morgan fingerprint density at radius 3 is 2.21 bits per heavy atom. The van der Waals surface area contributed by atoms with Gasteiger partial charge in [-0.25, -0.2) is 9.78 Å². The van der Waals surface area contributed by atoms with E-state index in [4.69, 9.17) is 4.42 Å². The first-order valence-electron chi connectivity index (χ1n) is 10.6. The summed E-state index contributed by atoms with van der Waals surface area (Å²) in [4.78, 5) is 30.1. The first-order valence-corrected chi connectivity index (χ1v) is 11.4. The summed E-state index contributed by atoms with van der Waals surface area (Å²) in [5.74, 6) is -0.836. The SMILES string of the molecule is O=c1oc2c(c(O)c1Sc1ccc(C(F)(F)F)cc1)c(=O)n(-c1cccc(C(F)(F)F)c1)c1ncccc21. The van der Waals surface area contributed by atoms with Crippen LogP contribution in [0.15, 0.2) is 90.7 Å². The molecule has 0 amide bonds. The van der Waals surface area contributed by atoms with Crippen LogP contribution in [0.2, 0.25) is 0 Å². The second-order valence-corrected chi connectivity index (χ2v) is 9.04. The summed E-state index contributed by atoms with van der Waals surface area (Å²) in [7, 11) is 0. The molecule has 5 aromatic rings. The van der Waals surface area contributed by atoms with Crippen molar-refractivity contribution in [1.82, 2.24) is 9.55 Å². The van der Waals surface area contributed by atoms with Gasteiger partial charge in [0.25, 0.3) is 5.56 Å². The Morgan fingerprint density at radius 2 is 1.55 bits per heavy atom. The maximum Gasteiger partial charge on any atom is 0.416 e. The van der Waals surface area contributed by atoms with Gasteiger partial charge in [0, 0.05) is 11.1 Å². The van der Waals surface area contributed by atoms with Gasteiger partial charge in [0.1, 0.15) is 10.3 Å². The van der Waals surface area contributed by atoms with Gasteiger partial charge in [-0.2, -0.15) is 26.3 Å². The largest absolute Gasteiger partial charge is 0.505 e. The quantitative estimate of drug-likeness (QED) is 0.207. The monoisotopic (exact) mass is 550 g/mol. The van der Waals surface area contributed by atoms with Crippen molar-refractivity contribution in [2.45, 2.75) is 22.1 Å². The van der Waals surface area contributed by atoms with Crippen molar-refractivity contribution in [2.24, 2.45) is 0 Å². The molecule has 194 valence electrons. The molecule has 0 fully saturated rings. The van der Waals surface area contributed by atoms with Gasteiger partial charge in [0.05, 0.1) is 22.2 Å². The summed E-state index contributed by atoms with van der Waals surface area (Å²) in [6.45, 7) is 0. The number of fused-ring (bicyclic) bond motifs is 3. The van der Waals surface area contributed by atoms with Crippen molar-refractivity contribution in [3.05, 3.63) is 98.8 Å². The van der Waals surface area contributed by atoms with Crippen LogP contribution in [0, 0.1) is 0 Å². The first kappa shape index (κ1) is 25.4. The van der Waals surface area contributed by atoms with Crippen LogP contribution in [-0.4, -0.2) is 14.7 Å². The normalized spacial score (nSPS) is 12.4. The molecule has 0 radical (unpaired) electrons. The number of hydrogen-bond acceptors (Lipinski definition) is 6. The molecular formula is C25H12F6N2O4S. The van der Waals surface area contributed by atoms with E-state index in [0.29, 0.717) is 11.8 Å². The van der Waals surface area contributed by atoms with Gasteiger partial charge in [0.15, 0.2) is 17.0 Å². The number of alkyl halides is 6. The van der Waals surface area contributed by atoms with Gasteiger partial charge in [-0.3, -0.25) is 9.36 Å². The molecule has 0 saturated carbocycles. The van der Waals surface area contributed by atoms with Crippen molar-refractivity contribution in [3.8, 4) is 11.4 Å². The number of benzene rings is 2. The van der Waals surface area contributed by atoms with E-state index in [1.807, 2.05) is 0 Å². The van der Waals surface area contributed by atoms with Gasteiger partial charge < -0.3 is 9.52 Å². The number of aromatic hydroxyl groups is 1. The maximum atomic E-state index is 13.6. The number of hydrogen-bond donors (Lipinski definition) is 1. The number of rotatable bonds is 3. The molecule has 13 heteroatoms. The number of nitrogens with zero attached hydrogens (tertiary/aromatic N) is 2. The van der Waals surface area contributed by atoms with E-state index in [2.05, 4.69) is 4.98 Å². The van der Waals surface area contributed by atoms with Crippen LogP contribution in [0.3, 0.4) is 0 Å². The lowest BCUT2D eigenvalue weighted by Gasteiger charge is -2.15. The Morgan fingerprint density at radius 1 is 0.868 bits per heavy atom. The number of aromatic nitrogens is 2. The standard InChI is InChI=1S/C25H12F6N2O4S/c26-24(27,28)12-6-8-15(9-7-12)38-20-18(34)17-19(37-23(20)36)16-5-2-10-32-21(16)33(22(17)35)14-4-1-3-13(11-14)25(29,30)31/h1-11,34H. The molecule has 0 saturated heterocycles. The average molecular weight is 550 g/mol. The average Bonchev–Trinajstić information content (AvgIpc) is 2.86. The molecule has 6 nitrogen and oxygen atoms in total. The van der Waals surface area contributed by atoms with Crippen LogP contribution in [0.5, 0.6) is 5.75 Å². The minimum atomic E-state index is -4.71. The van der Waals surface area contributed by atoms with Crippen molar-refractivity contribution >= 4 is 33.8 Å². The molecule has 1 N–H and O–H groups in total. The Balaban J connectivity index is 1.76. The molecule has 0 bridgehead atoms. The summed E-state index contributed by atoms with van der Waals surface area (Å²) >= 11 is 0.560. The Hall–Kier alpha value is -4.26. The van der Waals surface area contributed by atoms with Crippen molar-refractivity contribution in [1.29, 1.82) is 0 Å². The van der Waals surface area contributed by atoms with Crippen molar-refractivity contribution < 1.29 is 35.9 Å². The third-order valence-corrected chi connectivity index (χ3v) is 6.62. The topological polar surface area (TPSA) is 85.3 Å². The van der Waals surface area contributed by atoms with Crippen LogP contribution >= 0.6 is 11.8 Å². The zero-order valence-corrected chi connectivity index (χ0v) is 19.4. The molecule has 3 heterocycles. The molecular weight excluding hydrogens is 538 g/mol. The third-order valence-electron chi connectivity index (χ3n) is 5.55. The number of pyridine rings is 2. The molecule has 0 spiro atoms. The van der Waals surface area contributed by atoms with Crippen molar-refractivity contribution in [3.63, 3.8) is 0 Å². The lowest BCUT2D eigenvalue weighted by Crippen LogP contribution is -2.22. The second-order valence-electron chi connectivity index (χ2n) is 7.96. The van der Waals surface area contributed by atoms with E-state index in [1.54, 1.807) is 0 Å². The van der Waals surface area contributed by atoms with Gasteiger partial charge >= 0.3 is 18.0 Å². The van der Waals surface area contributed by atoms with Crippen LogP contribution in [0.25, 0.3) is 27.7 Å². The second kappa shape index (κ2) is 8.94. The molecule has 0 aliphatic heterocycles. The third kappa shape index (κ3) is 4.38. The van der Waals surface area contributed by atoms with Gasteiger partial charge in [-0.15, -0.1) is 0 Å². The Bertz CT molecular complexity index is 1830. The minimum absolute atomic E-state index is 0.0537. The highest BCUT2D eigenvalue weighted by Gasteiger charge is 2.32. The predicted octanol–water partition coefficient (Wildman–Crippen LogP) is 6.39. The lowest BCUT2D eigenvalue weighted by molar-refractivity contribution is -0.138. The fourth-order valence-corrected chi connectivity index (χ4v) is 4.67. The van der Waals surface area contributed by atoms with Gasteiger partial charge in [0.2, 0.25) is 0 Å². The Labute approximate surface area is 211 Å². The molecule has 0 atom stereocenters. The van der Waals surface area contributed by atoms with Gasteiger partial charge in [-0.05, 0) is 54.6 Å². The number of halogens is 6. The van der Waals surface area contributed by atoms with Crippen molar-refractivity contribution in [2.75, 3.05) is 0 Å². The summed E-state index contributed by atoms with van der Waals surface area (Å²) in [6, 6.07) is 10.4. The zero-order valence-electron chi connectivity index (χ0n) is 18.6. The summed E-state index contributed by atoms with van der Waals surface area (Å²) in [5.41, 5.74) is -4.76. The highest BCUT2D eigenvalue weighted by atomic mass is 32.2. The molecule has 0 unspecified atom stereocenters. The minimum Gasteiger partial charge on any atom is -0.505 e. The van der Waals surface area contributed by atoms with E-state index < -0.39 is 50.7 Å². The van der Waals surface area contributed by atoms with Gasteiger partial charge in [-0.1, -0.05) is 17.8 Å². The van der Waals surface area contributed by atoms with Crippen LogP contribution in [0.1, 0.15) is 11.1 Å². The van der Waals surface area contributed by atoms with E-state index in [0.717, 1.165) is 47.0 Å². The lowest BCUT2D eigenvalue weighted by atomic mass is 10.1. The van der Waals surface area contributed by atoms with E-state index in [1.165, 1.54) is 24.4 Å². The van der Waals surface area contributed by atoms with Crippen LogP contribution < -0.4 is 11.2 Å². The molecule has 0 aliphatic carbocycles. The highest BCUT2D eigenvalue weighted by molar-refractivity contribution is 7.99. The Kier molecular flexibility index (Phi) is 5.97. The highest BCUT2D eigenvalue weighted by Crippen LogP contribution is 2.39. The molecule has 0 aliphatic rings. The fourth-order valence-electron chi connectivity index (χ4n) is 3.84. The molecule has 38 heavy (non-hydrogen) atoms. The van der Waals surface area contributed by atoms with Crippen LogP contribution in [0.4, 0.5) is 26.3 Å². The van der Waals surface area contributed by atoms with Crippen LogP contribution in [-0.2, 0) is 12.4 Å². The molecule has 2 aromatic carbocycles. The van der Waals surface area contributed by atoms with E-state index in [9.17, 15) is 41.0 Å². The molecule has 5 rings (SSSR count). The first-order chi connectivity index (χ1) is 17.9. The fraction of sp³-hybridized carbons (Fsp3) is 0.0800. The van der Waals surface area contributed by atoms with E-state index in [-0.39, 0.29) is 27.2 Å². The maximum absolute atomic E-state index is 13.6. The zero-order chi connectivity index (χ0) is 27.4. The predicted molar refractivity (Wildman–Crippen MR) is 126 cm³/mol. The summed E-state index contributed by atoms with van der Waals surface area (Å²) < 4.78 is 84.9. The smallest absolute Gasteiger partial charge is 0.416 e. The summed E-state index contributed by atoms with van der Waals surface area (Å²) in [6.07, 6.45) is -8.01.